The standard InChI is InChI=1S/C11H11N3O2/c12-5-4-10(15)11(16)7-2-1-3-9(14)8(7)6-13/h1-3,10-11,15-16H,4,14H2. The molecule has 82 valence electrons. The number of hydrogen-bond donors (Lipinski definition) is 3. The molecule has 0 aliphatic carbocycles. The van der Waals surface area contributed by atoms with Gasteiger partial charge in [0, 0.05) is 11.3 Å². The molecule has 0 radical (unpaired) electrons. The minimum absolute atomic E-state index is 0.131. The second-order valence-corrected chi connectivity index (χ2v) is 3.30. The fraction of sp³-hybridized carbons (Fsp3) is 0.273. The highest BCUT2D eigenvalue weighted by molar-refractivity contribution is 5.58. The summed E-state index contributed by atoms with van der Waals surface area (Å²) in [7, 11) is 0. The Morgan fingerprint density at radius 3 is 2.56 bits per heavy atom. The molecule has 0 aliphatic heterocycles. The molecule has 2 atom stereocenters. The van der Waals surface area contributed by atoms with Crippen LogP contribution in [0.3, 0.4) is 0 Å². The summed E-state index contributed by atoms with van der Waals surface area (Å²) in [4.78, 5) is 0. The van der Waals surface area contributed by atoms with Crippen molar-refractivity contribution in [1.29, 1.82) is 10.5 Å². The van der Waals surface area contributed by atoms with E-state index >= 15 is 0 Å². The molecular formula is C11H11N3O2. The molecule has 0 amide bonds. The Kier molecular flexibility index (Phi) is 3.84. The number of nitrogens with zero attached hydrogens (tertiary/aromatic N) is 2. The normalized spacial score (nSPS) is 13.5. The van der Waals surface area contributed by atoms with Crippen molar-refractivity contribution in [2.75, 3.05) is 5.73 Å². The van der Waals surface area contributed by atoms with Crippen LogP contribution in [-0.2, 0) is 0 Å². The van der Waals surface area contributed by atoms with Crippen molar-refractivity contribution in [3.8, 4) is 12.1 Å². The van der Waals surface area contributed by atoms with Gasteiger partial charge < -0.3 is 15.9 Å². The summed E-state index contributed by atoms with van der Waals surface area (Å²) in [5.74, 6) is 0. The number of aliphatic hydroxyl groups is 2. The minimum atomic E-state index is -1.28. The Balaban J connectivity index is 3.10. The lowest BCUT2D eigenvalue weighted by molar-refractivity contribution is 0.0215. The lowest BCUT2D eigenvalue weighted by atomic mass is 9.97. The van der Waals surface area contributed by atoms with E-state index in [1.807, 2.05) is 6.07 Å². The molecule has 0 fully saturated rings. The van der Waals surface area contributed by atoms with Crippen LogP contribution < -0.4 is 5.73 Å². The third-order valence-corrected chi connectivity index (χ3v) is 2.22. The van der Waals surface area contributed by atoms with Gasteiger partial charge in [-0.1, -0.05) is 12.1 Å². The predicted molar refractivity (Wildman–Crippen MR) is 56.8 cm³/mol. The van der Waals surface area contributed by atoms with Gasteiger partial charge in [0.1, 0.15) is 12.2 Å². The Hall–Kier alpha value is -2.08. The van der Waals surface area contributed by atoms with Crippen molar-refractivity contribution < 1.29 is 10.2 Å². The van der Waals surface area contributed by atoms with Crippen LogP contribution in [0.4, 0.5) is 5.69 Å². The summed E-state index contributed by atoms with van der Waals surface area (Å²) in [6, 6.07) is 8.22. The van der Waals surface area contributed by atoms with Crippen molar-refractivity contribution in [3.63, 3.8) is 0 Å². The quantitative estimate of drug-likeness (QED) is 0.636. The van der Waals surface area contributed by atoms with Crippen LogP contribution in [0.2, 0.25) is 0 Å². The van der Waals surface area contributed by atoms with Crippen LogP contribution in [0.1, 0.15) is 23.7 Å². The zero-order valence-electron chi connectivity index (χ0n) is 8.46. The molecule has 16 heavy (non-hydrogen) atoms. The summed E-state index contributed by atoms with van der Waals surface area (Å²) in [6.45, 7) is 0. The number of nitriles is 2. The molecule has 0 heterocycles. The van der Waals surface area contributed by atoms with E-state index in [9.17, 15) is 10.2 Å². The fourth-order valence-electron chi connectivity index (χ4n) is 1.38. The molecule has 5 heteroatoms. The van der Waals surface area contributed by atoms with Gasteiger partial charge in [-0.2, -0.15) is 10.5 Å². The Morgan fingerprint density at radius 2 is 2.00 bits per heavy atom. The molecule has 1 rings (SSSR count). The molecule has 0 aromatic heterocycles. The van der Waals surface area contributed by atoms with Crippen molar-refractivity contribution in [1.82, 2.24) is 0 Å². The van der Waals surface area contributed by atoms with E-state index in [4.69, 9.17) is 16.3 Å². The second kappa shape index (κ2) is 5.13. The Labute approximate surface area is 93.0 Å². The van der Waals surface area contributed by atoms with E-state index in [-0.39, 0.29) is 23.2 Å². The number of nitrogens with two attached hydrogens (primary N) is 1. The average Bonchev–Trinajstić information content (AvgIpc) is 2.28. The van der Waals surface area contributed by atoms with Crippen molar-refractivity contribution >= 4 is 5.69 Å². The summed E-state index contributed by atoms with van der Waals surface area (Å²) in [6.07, 6.45) is -2.71. The number of nitrogen functional groups attached to an aromatic ring is 1. The van der Waals surface area contributed by atoms with Gasteiger partial charge in [0.2, 0.25) is 0 Å². The van der Waals surface area contributed by atoms with Crippen LogP contribution in [0.25, 0.3) is 0 Å². The van der Waals surface area contributed by atoms with E-state index in [2.05, 4.69) is 0 Å². The average molecular weight is 217 g/mol. The molecule has 0 spiro atoms. The third-order valence-electron chi connectivity index (χ3n) is 2.22. The molecular weight excluding hydrogens is 206 g/mol. The van der Waals surface area contributed by atoms with Gasteiger partial charge in [0.05, 0.1) is 24.2 Å². The number of benzene rings is 1. The van der Waals surface area contributed by atoms with Crippen molar-refractivity contribution in [2.45, 2.75) is 18.6 Å². The fourth-order valence-corrected chi connectivity index (χ4v) is 1.38. The summed E-state index contributed by atoms with van der Waals surface area (Å²) < 4.78 is 0. The van der Waals surface area contributed by atoms with Gasteiger partial charge in [0.15, 0.2) is 0 Å². The summed E-state index contributed by atoms with van der Waals surface area (Å²) in [5.41, 5.74) is 6.18. The van der Waals surface area contributed by atoms with E-state index in [0.717, 1.165) is 0 Å². The SMILES string of the molecule is N#CCC(O)C(O)c1cccc(N)c1C#N. The molecule has 0 saturated carbocycles. The first kappa shape index (κ1) is 12.0. The van der Waals surface area contributed by atoms with Gasteiger partial charge in [-0.25, -0.2) is 0 Å². The van der Waals surface area contributed by atoms with Crippen LogP contribution in [0.15, 0.2) is 18.2 Å². The highest BCUT2D eigenvalue weighted by Crippen LogP contribution is 2.25. The maximum absolute atomic E-state index is 9.75. The van der Waals surface area contributed by atoms with Crippen molar-refractivity contribution in [2.24, 2.45) is 0 Å². The molecule has 4 N–H and O–H groups in total. The predicted octanol–water partition coefficient (Wildman–Crippen LogP) is 0.448. The monoisotopic (exact) mass is 217 g/mol. The number of aliphatic hydroxyl groups excluding tert-OH is 2. The summed E-state index contributed by atoms with van der Waals surface area (Å²) >= 11 is 0. The van der Waals surface area contributed by atoms with E-state index in [0.29, 0.717) is 0 Å². The van der Waals surface area contributed by atoms with Crippen molar-refractivity contribution in [3.05, 3.63) is 29.3 Å². The van der Waals surface area contributed by atoms with Gasteiger partial charge in [-0.3, -0.25) is 0 Å². The number of anilines is 1. The largest absolute Gasteiger partial charge is 0.398 e. The molecule has 1 aromatic carbocycles. The zero-order valence-corrected chi connectivity index (χ0v) is 8.46. The van der Waals surface area contributed by atoms with Gasteiger partial charge in [-0.05, 0) is 6.07 Å². The van der Waals surface area contributed by atoms with E-state index < -0.39 is 12.2 Å². The molecule has 0 bridgehead atoms. The highest BCUT2D eigenvalue weighted by atomic mass is 16.3. The van der Waals surface area contributed by atoms with Gasteiger partial charge in [-0.15, -0.1) is 0 Å². The van der Waals surface area contributed by atoms with E-state index in [1.165, 1.54) is 12.1 Å². The number of hydrogen-bond acceptors (Lipinski definition) is 5. The smallest absolute Gasteiger partial charge is 0.107 e. The van der Waals surface area contributed by atoms with Crippen LogP contribution >= 0.6 is 0 Å². The molecule has 0 aliphatic rings. The first-order valence-electron chi connectivity index (χ1n) is 4.63. The van der Waals surface area contributed by atoms with E-state index in [1.54, 1.807) is 12.1 Å². The third kappa shape index (κ3) is 2.29. The lowest BCUT2D eigenvalue weighted by Gasteiger charge is -2.17. The molecule has 0 saturated heterocycles. The minimum Gasteiger partial charge on any atom is -0.398 e. The molecule has 2 unspecified atom stereocenters. The van der Waals surface area contributed by atoms with Gasteiger partial charge in [0.25, 0.3) is 0 Å². The second-order valence-electron chi connectivity index (χ2n) is 3.30. The first-order chi connectivity index (χ1) is 7.61. The maximum atomic E-state index is 9.75. The first-order valence-corrected chi connectivity index (χ1v) is 4.63. The lowest BCUT2D eigenvalue weighted by Crippen LogP contribution is -2.18. The Bertz CT molecular complexity index is 459. The Morgan fingerprint density at radius 1 is 1.31 bits per heavy atom. The zero-order chi connectivity index (χ0) is 12.1. The summed E-state index contributed by atoms with van der Waals surface area (Å²) in [5, 5.41) is 36.5. The van der Waals surface area contributed by atoms with Crippen LogP contribution in [0.5, 0.6) is 0 Å². The van der Waals surface area contributed by atoms with Gasteiger partial charge >= 0.3 is 0 Å². The maximum Gasteiger partial charge on any atom is 0.107 e. The molecule has 5 nitrogen and oxygen atoms in total. The highest BCUT2D eigenvalue weighted by Gasteiger charge is 2.21. The van der Waals surface area contributed by atoms with Crippen LogP contribution in [-0.4, -0.2) is 16.3 Å². The topological polar surface area (TPSA) is 114 Å². The van der Waals surface area contributed by atoms with Crippen LogP contribution in [0, 0.1) is 22.7 Å². The molecule has 1 aromatic rings. The number of rotatable bonds is 3.